The highest BCUT2D eigenvalue weighted by atomic mass is 79.9. The standard InChI is InChI=1S/C14H16BrN3O/c1-2-13(14(16)18-19)17-12-6-4-9-7-11(15)5-3-10(9)8-12/h3-8,13,17,19H,2H2,1H3,(H2,16,18). The normalized spacial score (nSPS) is 13.5. The summed E-state index contributed by atoms with van der Waals surface area (Å²) in [5.74, 6) is 0.193. The first kappa shape index (κ1) is 13.7. The molecule has 2 aromatic rings. The molecule has 1 atom stereocenters. The first-order chi connectivity index (χ1) is 9.13. The Hall–Kier alpha value is -1.75. The smallest absolute Gasteiger partial charge is 0.161 e. The lowest BCUT2D eigenvalue weighted by Gasteiger charge is -2.17. The van der Waals surface area contributed by atoms with Crippen molar-refractivity contribution in [2.75, 3.05) is 5.32 Å². The number of benzene rings is 2. The first-order valence-corrected chi connectivity index (χ1v) is 6.86. The molecule has 0 spiro atoms. The topological polar surface area (TPSA) is 70.6 Å². The Bertz CT molecular complexity index is 613. The van der Waals surface area contributed by atoms with E-state index in [1.807, 2.05) is 25.1 Å². The monoisotopic (exact) mass is 321 g/mol. The molecule has 100 valence electrons. The van der Waals surface area contributed by atoms with Crippen molar-refractivity contribution in [2.45, 2.75) is 19.4 Å². The number of anilines is 1. The van der Waals surface area contributed by atoms with E-state index >= 15 is 0 Å². The van der Waals surface area contributed by atoms with Gasteiger partial charge in [-0.1, -0.05) is 40.1 Å². The minimum absolute atomic E-state index is 0.169. The number of oxime groups is 1. The number of hydrogen-bond donors (Lipinski definition) is 3. The van der Waals surface area contributed by atoms with Gasteiger partial charge in [-0.2, -0.15) is 0 Å². The lowest BCUT2D eigenvalue weighted by molar-refractivity contribution is 0.316. The molecule has 5 heteroatoms. The van der Waals surface area contributed by atoms with E-state index in [0.29, 0.717) is 0 Å². The summed E-state index contributed by atoms with van der Waals surface area (Å²) in [5.41, 5.74) is 6.59. The van der Waals surface area contributed by atoms with Gasteiger partial charge in [0.2, 0.25) is 0 Å². The molecule has 0 aliphatic heterocycles. The van der Waals surface area contributed by atoms with Crippen LogP contribution in [0.2, 0.25) is 0 Å². The SMILES string of the molecule is CCC(Nc1ccc2cc(Br)ccc2c1)/C(N)=N/O. The second-order valence-electron chi connectivity index (χ2n) is 4.34. The number of halogens is 1. The van der Waals surface area contributed by atoms with E-state index in [1.54, 1.807) is 0 Å². The van der Waals surface area contributed by atoms with Crippen molar-refractivity contribution in [1.82, 2.24) is 0 Å². The van der Waals surface area contributed by atoms with E-state index in [1.165, 1.54) is 0 Å². The number of fused-ring (bicyclic) bond motifs is 1. The molecule has 0 heterocycles. The fourth-order valence-corrected chi connectivity index (χ4v) is 2.34. The molecule has 1 unspecified atom stereocenters. The molecule has 0 saturated heterocycles. The fourth-order valence-electron chi connectivity index (χ4n) is 1.96. The Morgan fingerprint density at radius 1 is 1.32 bits per heavy atom. The van der Waals surface area contributed by atoms with Crippen LogP contribution in [0.3, 0.4) is 0 Å². The van der Waals surface area contributed by atoms with Crippen molar-refractivity contribution in [3.63, 3.8) is 0 Å². The highest BCUT2D eigenvalue weighted by Crippen LogP contribution is 2.23. The third-order valence-electron chi connectivity index (χ3n) is 3.02. The van der Waals surface area contributed by atoms with Gasteiger partial charge in [-0.15, -0.1) is 0 Å². The van der Waals surface area contributed by atoms with Gasteiger partial charge in [0.1, 0.15) is 0 Å². The second-order valence-corrected chi connectivity index (χ2v) is 5.25. The van der Waals surface area contributed by atoms with Crippen molar-refractivity contribution in [1.29, 1.82) is 0 Å². The maximum Gasteiger partial charge on any atom is 0.161 e. The van der Waals surface area contributed by atoms with Crippen LogP contribution in [0.5, 0.6) is 0 Å². The highest BCUT2D eigenvalue weighted by Gasteiger charge is 2.11. The molecule has 0 saturated carbocycles. The summed E-state index contributed by atoms with van der Waals surface area (Å²) in [7, 11) is 0. The molecule has 0 fully saturated rings. The van der Waals surface area contributed by atoms with Crippen molar-refractivity contribution in [2.24, 2.45) is 10.9 Å². The number of nitrogens with zero attached hydrogens (tertiary/aromatic N) is 1. The fraction of sp³-hybridized carbons (Fsp3) is 0.214. The van der Waals surface area contributed by atoms with Gasteiger partial charge >= 0.3 is 0 Å². The summed E-state index contributed by atoms with van der Waals surface area (Å²) in [6.07, 6.45) is 0.744. The Labute approximate surface area is 120 Å². The second kappa shape index (κ2) is 5.93. The zero-order valence-corrected chi connectivity index (χ0v) is 12.2. The maximum absolute atomic E-state index is 8.73. The first-order valence-electron chi connectivity index (χ1n) is 6.07. The summed E-state index contributed by atoms with van der Waals surface area (Å²) in [6, 6.07) is 12.0. The molecule has 0 aliphatic rings. The maximum atomic E-state index is 8.73. The lowest BCUT2D eigenvalue weighted by Crippen LogP contribution is -2.35. The van der Waals surface area contributed by atoms with Gasteiger partial charge in [0.15, 0.2) is 5.84 Å². The van der Waals surface area contributed by atoms with Gasteiger partial charge in [-0.05, 0) is 41.5 Å². The summed E-state index contributed by atoms with van der Waals surface area (Å²) in [6.45, 7) is 1.98. The quantitative estimate of drug-likeness (QED) is 0.349. The molecule has 0 bridgehead atoms. The third-order valence-corrected chi connectivity index (χ3v) is 3.52. The predicted octanol–water partition coefficient (Wildman–Crippen LogP) is 3.54. The molecule has 0 aliphatic carbocycles. The van der Waals surface area contributed by atoms with Gasteiger partial charge in [0.05, 0.1) is 6.04 Å². The van der Waals surface area contributed by atoms with Crippen LogP contribution in [0, 0.1) is 0 Å². The van der Waals surface area contributed by atoms with Crippen molar-refractivity contribution in [3.8, 4) is 0 Å². The molecule has 19 heavy (non-hydrogen) atoms. The summed E-state index contributed by atoms with van der Waals surface area (Å²) in [5, 5.41) is 17.4. The number of hydrogen-bond acceptors (Lipinski definition) is 3. The number of amidine groups is 1. The molecule has 0 radical (unpaired) electrons. The minimum Gasteiger partial charge on any atom is -0.409 e. The zero-order valence-electron chi connectivity index (χ0n) is 10.6. The van der Waals surface area contributed by atoms with Gasteiger partial charge < -0.3 is 16.3 Å². The van der Waals surface area contributed by atoms with Gasteiger partial charge in [0, 0.05) is 10.2 Å². The average Bonchev–Trinajstić information content (AvgIpc) is 2.44. The summed E-state index contributed by atoms with van der Waals surface area (Å²) < 4.78 is 1.06. The largest absolute Gasteiger partial charge is 0.409 e. The van der Waals surface area contributed by atoms with Crippen molar-refractivity contribution < 1.29 is 5.21 Å². The van der Waals surface area contributed by atoms with Gasteiger partial charge in [-0.3, -0.25) is 0 Å². The van der Waals surface area contributed by atoms with Crippen molar-refractivity contribution >= 4 is 38.2 Å². The lowest BCUT2D eigenvalue weighted by atomic mass is 10.1. The average molecular weight is 322 g/mol. The molecule has 4 nitrogen and oxygen atoms in total. The molecule has 2 rings (SSSR count). The van der Waals surface area contributed by atoms with Crippen LogP contribution in [-0.4, -0.2) is 17.1 Å². The van der Waals surface area contributed by atoms with Crippen LogP contribution >= 0.6 is 15.9 Å². The van der Waals surface area contributed by atoms with Crippen LogP contribution in [0.25, 0.3) is 10.8 Å². The van der Waals surface area contributed by atoms with E-state index in [4.69, 9.17) is 10.9 Å². The Morgan fingerprint density at radius 2 is 2.00 bits per heavy atom. The molecular formula is C14H16BrN3O. The number of nitrogens with one attached hydrogen (secondary N) is 1. The molecule has 0 aromatic heterocycles. The van der Waals surface area contributed by atoms with Crippen LogP contribution in [0.15, 0.2) is 46.0 Å². The van der Waals surface area contributed by atoms with E-state index in [0.717, 1.165) is 27.4 Å². The minimum atomic E-state index is -0.169. The van der Waals surface area contributed by atoms with E-state index in [-0.39, 0.29) is 11.9 Å². The van der Waals surface area contributed by atoms with Gasteiger partial charge in [0.25, 0.3) is 0 Å². The van der Waals surface area contributed by atoms with E-state index < -0.39 is 0 Å². The summed E-state index contributed by atoms with van der Waals surface area (Å²) >= 11 is 3.46. The predicted molar refractivity (Wildman–Crippen MR) is 82.8 cm³/mol. The Balaban J connectivity index is 2.28. The molecule has 4 N–H and O–H groups in total. The molecule has 2 aromatic carbocycles. The van der Waals surface area contributed by atoms with Crippen LogP contribution in [-0.2, 0) is 0 Å². The third kappa shape index (κ3) is 3.17. The highest BCUT2D eigenvalue weighted by molar-refractivity contribution is 9.10. The molecule has 0 amide bonds. The zero-order chi connectivity index (χ0) is 13.8. The Kier molecular flexibility index (Phi) is 4.27. The molecular weight excluding hydrogens is 306 g/mol. The van der Waals surface area contributed by atoms with Crippen molar-refractivity contribution in [3.05, 3.63) is 40.9 Å². The Morgan fingerprint density at radius 3 is 2.68 bits per heavy atom. The summed E-state index contributed by atoms with van der Waals surface area (Å²) in [4.78, 5) is 0. The van der Waals surface area contributed by atoms with Crippen LogP contribution in [0.4, 0.5) is 5.69 Å². The van der Waals surface area contributed by atoms with Crippen LogP contribution < -0.4 is 11.1 Å². The van der Waals surface area contributed by atoms with Crippen LogP contribution in [0.1, 0.15) is 13.3 Å². The number of rotatable bonds is 4. The van der Waals surface area contributed by atoms with E-state index in [9.17, 15) is 0 Å². The van der Waals surface area contributed by atoms with Gasteiger partial charge in [-0.25, -0.2) is 0 Å². The van der Waals surface area contributed by atoms with E-state index in [2.05, 4.69) is 44.6 Å². The number of nitrogens with two attached hydrogens (primary N) is 1.